The Hall–Kier alpha value is -3.21. The zero-order valence-electron chi connectivity index (χ0n) is 16.1. The molecule has 0 aliphatic rings. The first-order chi connectivity index (χ1) is 13.4. The fourth-order valence-electron chi connectivity index (χ4n) is 3.71. The van der Waals surface area contributed by atoms with Crippen LogP contribution in [0.4, 0.5) is 4.39 Å². The molecule has 4 aromatic rings. The minimum absolute atomic E-state index is 0.124. The predicted molar refractivity (Wildman–Crippen MR) is 110 cm³/mol. The van der Waals surface area contributed by atoms with E-state index in [1.54, 1.807) is 18.3 Å². The van der Waals surface area contributed by atoms with E-state index >= 15 is 0 Å². The summed E-state index contributed by atoms with van der Waals surface area (Å²) in [5.41, 5.74) is 2.92. The molecule has 2 aromatic carbocycles. The summed E-state index contributed by atoms with van der Waals surface area (Å²) in [5, 5.41) is 1.37. The lowest BCUT2D eigenvalue weighted by molar-refractivity contribution is 0.538. The van der Waals surface area contributed by atoms with E-state index in [1.165, 1.54) is 6.07 Å². The van der Waals surface area contributed by atoms with Gasteiger partial charge in [0.15, 0.2) is 0 Å². The van der Waals surface area contributed by atoms with Crippen LogP contribution in [0, 0.1) is 18.7 Å². The van der Waals surface area contributed by atoms with Gasteiger partial charge < -0.3 is 9.97 Å². The highest BCUT2D eigenvalue weighted by Crippen LogP contribution is 2.29. The summed E-state index contributed by atoms with van der Waals surface area (Å²) in [4.78, 5) is 23.5. The van der Waals surface area contributed by atoms with Gasteiger partial charge in [-0.3, -0.25) is 4.79 Å². The SMILES string of the molecule is Cc1cnc(C(c2ccc(-c3ccc4cccc(F)c4c3)[nH]c2=O)C(C)C)[nH]1. The van der Waals surface area contributed by atoms with Crippen LogP contribution in [0.2, 0.25) is 0 Å². The Morgan fingerprint density at radius 1 is 1.04 bits per heavy atom. The average molecular weight is 375 g/mol. The molecule has 28 heavy (non-hydrogen) atoms. The van der Waals surface area contributed by atoms with Crippen LogP contribution >= 0.6 is 0 Å². The molecule has 0 radical (unpaired) electrons. The molecule has 4 nitrogen and oxygen atoms in total. The lowest BCUT2D eigenvalue weighted by Crippen LogP contribution is -2.21. The van der Waals surface area contributed by atoms with Gasteiger partial charge in [-0.15, -0.1) is 0 Å². The molecule has 0 aliphatic carbocycles. The third kappa shape index (κ3) is 3.24. The van der Waals surface area contributed by atoms with Gasteiger partial charge in [0.2, 0.25) is 0 Å². The number of H-pyrrole nitrogens is 2. The molecule has 1 atom stereocenters. The number of aryl methyl sites for hydroxylation is 1. The van der Waals surface area contributed by atoms with Crippen LogP contribution < -0.4 is 5.56 Å². The van der Waals surface area contributed by atoms with Gasteiger partial charge in [-0.2, -0.15) is 0 Å². The number of nitrogens with zero attached hydrogens (tertiary/aromatic N) is 1. The third-order valence-corrected chi connectivity index (χ3v) is 5.10. The molecule has 1 unspecified atom stereocenters. The Labute approximate surface area is 162 Å². The van der Waals surface area contributed by atoms with Crippen molar-refractivity contribution in [2.24, 2.45) is 5.92 Å². The molecule has 2 N–H and O–H groups in total. The second-order valence-electron chi connectivity index (χ2n) is 7.51. The average Bonchev–Trinajstić information content (AvgIpc) is 3.09. The fourth-order valence-corrected chi connectivity index (χ4v) is 3.71. The number of imidazole rings is 1. The van der Waals surface area contributed by atoms with Crippen molar-refractivity contribution < 1.29 is 4.39 Å². The van der Waals surface area contributed by atoms with Crippen LogP contribution in [0.25, 0.3) is 22.0 Å². The number of benzene rings is 2. The van der Waals surface area contributed by atoms with Crippen molar-refractivity contribution in [3.63, 3.8) is 0 Å². The number of rotatable bonds is 4. The van der Waals surface area contributed by atoms with Crippen LogP contribution in [-0.4, -0.2) is 15.0 Å². The Bertz CT molecular complexity index is 1210. The summed E-state index contributed by atoms with van der Waals surface area (Å²) in [6, 6.07) is 14.3. The van der Waals surface area contributed by atoms with Gasteiger partial charge in [-0.25, -0.2) is 9.37 Å². The highest BCUT2D eigenvalue weighted by Gasteiger charge is 2.24. The molecule has 0 saturated carbocycles. The van der Waals surface area contributed by atoms with Gasteiger partial charge in [-0.1, -0.05) is 44.2 Å². The number of halogens is 1. The largest absolute Gasteiger partial charge is 0.346 e. The zero-order chi connectivity index (χ0) is 19.8. The summed E-state index contributed by atoms with van der Waals surface area (Å²) in [5.74, 6) is 0.595. The quantitative estimate of drug-likeness (QED) is 0.518. The Morgan fingerprint density at radius 3 is 2.54 bits per heavy atom. The van der Waals surface area contributed by atoms with Gasteiger partial charge in [0.05, 0.1) is 0 Å². The third-order valence-electron chi connectivity index (χ3n) is 5.10. The van der Waals surface area contributed by atoms with Crippen molar-refractivity contribution in [1.82, 2.24) is 15.0 Å². The topological polar surface area (TPSA) is 61.5 Å². The number of pyridine rings is 1. The summed E-state index contributed by atoms with van der Waals surface area (Å²) < 4.78 is 14.1. The van der Waals surface area contributed by atoms with Crippen LogP contribution in [0.15, 0.2) is 59.5 Å². The van der Waals surface area contributed by atoms with E-state index in [0.29, 0.717) is 16.6 Å². The van der Waals surface area contributed by atoms with Gasteiger partial charge in [0.1, 0.15) is 11.6 Å². The predicted octanol–water partition coefficient (Wildman–Crippen LogP) is 5.15. The maximum absolute atomic E-state index is 14.1. The number of hydrogen-bond acceptors (Lipinski definition) is 2. The summed E-state index contributed by atoms with van der Waals surface area (Å²) >= 11 is 0. The first kappa shape index (κ1) is 18.2. The maximum Gasteiger partial charge on any atom is 0.252 e. The first-order valence-corrected chi connectivity index (χ1v) is 9.37. The molecular formula is C23H22FN3O. The molecule has 2 aromatic heterocycles. The van der Waals surface area contributed by atoms with E-state index in [1.807, 2.05) is 37.3 Å². The summed E-state index contributed by atoms with van der Waals surface area (Å²) in [6.45, 7) is 6.09. The van der Waals surface area contributed by atoms with Crippen LogP contribution in [0.3, 0.4) is 0 Å². The summed E-state index contributed by atoms with van der Waals surface area (Å²) in [7, 11) is 0. The minimum Gasteiger partial charge on any atom is -0.346 e. The van der Waals surface area contributed by atoms with Crippen molar-refractivity contribution in [2.45, 2.75) is 26.7 Å². The Kier molecular flexibility index (Phi) is 4.59. The molecule has 0 saturated heterocycles. The van der Waals surface area contributed by atoms with Crippen molar-refractivity contribution >= 4 is 10.8 Å². The van der Waals surface area contributed by atoms with E-state index in [0.717, 1.165) is 22.5 Å². The first-order valence-electron chi connectivity index (χ1n) is 9.37. The molecular weight excluding hydrogens is 353 g/mol. The Balaban J connectivity index is 1.77. The van der Waals surface area contributed by atoms with Crippen LogP contribution in [0.5, 0.6) is 0 Å². The monoisotopic (exact) mass is 375 g/mol. The van der Waals surface area contributed by atoms with Gasteiger partial charge in [0.25, 0.3) is 5.56 Å². The van der Waals surface area contributed by atoms with Crippen LogP contribution in [-0.2, 0) is 0 Å². The van der Waals surface area contributed by atoms with Gasteiger partial charge in [0, 0.05) is 34.5 Å². The molecule has 5 heteroatoms. The van der Waals surface area contributed by atoms with Crippen molar-refractivity contribution in [2.75, 3.05) is 0 Å². The number of hydrogen-bond donors (Lipinski definition) is 2. The van der Waals surface area contributed by atoms with Gasteiger partial charge in [-0.05, 0) is 42.0 Å². The van der Waals surface area contributed by atoms with E-state index < -0.39 is 0 Å². The van der Waals surface area contributed by atoms with Crippen molar-refractivity contribution in [3.05, 3.63) is 88.0 Å². The standard InChI is InChI=1S/C23H22FN3O/c1-13(2)21(22-25-12-14(3)26-22)17-9-10-20(27-23(17)28)16-8-7-15-5-4-6-19(24)18(15)11-16/h4-13,21H,1-3H3,(H,25,26)(H,27,28). The van der Waals surface area contributed by atoms with E-state index in [-0.39, 0.29) is 23.2 Å². The summed E-state index contributed by atoms with van der Waals surface area (Å²) in [6.07, 6.45) is 1.77. The molecule has 2 heterocycles. The fraction of sp³-hybridized carbons (Fsp3) is 0.217. The molecule has 0 amide bonds. The van der Waals surface area contributed by atoms with Crippen molar-refractivity contribution in [3.8, 4) is 11.3 Å². The van der Waals surface area contributed by atoms with E-state index in [4.69, 9.17) is 0 Å². The molecule has 0 fully saturated rings. The smallest absolute Gasteiger partial charge is 0.252 e. The van der Waals surface area contributed by atoms with E-state index in [2.05, 4.69) is 28.8 Å². The Morgan fingerprint density at radius 2 is 1.86 bits per heavy atom. The van der Waals surface area contributed by atoms with E-state index in [9.17, 15) is 9.18 Å². The molecule has 4 rings (SSSR count). The lowest BCUT2D eigenvalue weighted by Gasteiger charge is -2.18. The molecule has 0 spiro atoms. The minimum atomic E-state index is -0.272. The number of nitrogens with one attached hydrogen (secondary N) is 2. The number of aromatic nitrogens is 3. The van der Waals surface area contributed by atoms with Crippen molar-refractivity contribution in [1.29, 1.82) is 0 Å². The molecule has 0 aliphatic heterocycles. The maximum atomic E-state index is 14.1. The number of aromatic amines is 2. The zero-order valence-corrected chi connectivity index (χ0v) is 16.1. The molecule has 142 valence electrons. The second kappa shape index (κ2) is 7.08. The second-order valence-corrected chi connectivity index (χ2v) is 7.51. The molecule has 0 bridgehead atoms. The van der Waals surface area contributed by atoms with Gasteiger partial charge >= 0.3 is 0 Å². The lowest BCUT2D eigenvalue weighted by atomic mass is 9.88. The number of fused-ring (bicyclic) bond motifs is 1. The van der Waals surface area contributed by atoms with Crippen LogP contribution in [0.1, 0.15) is 36.8 Å². The highest BCUT2D eigenvalue weighted by molar-refractivity contribution is 5.87. The highest BCUT2D eigenvalue weighted by atomic mass is 19.1. The normalized spacial score (nSPS) is 12.6.